The Hall–Kier alpha value is -1.02. The molecule has 0 heterocycles. The van der Waals surface area contributed by atoms with Gasteiger partial charge in [-0.2, -0.15) is 0 Å². The maximum Gasteiger partial charge on any atom is 0.0343 e. The van der Waals surface area contributed by atoms with Crippen LogP contribution in [0.4, 0.5) is 5.69 Å². The average molecular weight is 232 g/mol. The lowest BCUT2D eigenvalue weighted by Gasteiger charge is -2.18. The molecule has 2 nitrogen and oxygen atoms in total. The number of nitrogens with zero attached hydrogens (tertiary/aromatic N) is 1. The first-order valence-corrected chi connectivity index (χ1v) is 6.87. The van der Waals surface area contributed by atoms with Gasteiger partial charge >= 0.3 is 0 Å². The highest BCUT2D eigenvalue weighted by Crippen LogP contribution is 2.29. The van der Waals surface area contributed by atoms with Gasteiger partial charge in [0.25, 0.3) is 0 Å². The van der Waals surface area contributed by atoms with Gasteiger partial charge in [-0.3, -0.25) is 4.90 Å². The highest BCUT2D eigenvalue weighted by molar-refractivity contribution is 5.45. The lowest BCUT2D eigenvalue weighted by Crippen LogP contribution is -2.22. The molecule has 94 valence electrons. The molecule has 0 aromatic heterocycles. The largest absolute Gasteiger partial charge is 0.385 e. The number of nitrogens with one attached hydrogen (secondary N) is 1. The number of anilines is 1. The molecule has 1 aliphatic rings. The van der Waals surface area contributed by atoms with Crippen molar-refractivity contribution in [3.05, 3.63) is 29.8 Å². The van der Waals surface area contributed by atoms with E-state index in [0.29, 0.717) is 0 Å². The first kappa shape index (κ1) is 12.4. The Morgan fingerprint density at radius 1 is 1.24 bits per heavy atom. The molecule has 1 aliphatic carbocycles. The van der Waals surface area contributed by atoms with Crippen molar-refractivity contribution in [3.63, 3.8) is 0 Å². The zero-order chi connectivity index (χ0) is 12.1. The van der Waals surface area contributed by atoms with Gasteiger partial charge in [-0.25, -0.2) is 0 Å². The predicted molar refractivity (Wildman–Crippen MR) is 74.3 cm³/mol. The Kier molecular flexibility index (Phi) is 4.43. The molecule has 2 rings (SSSR count). The van der Waals surface area contributed by atoms with Crippen LogP contribution in [0.15, 0.2) is 24.3 Å². The van der Waals surface area contributed by atoms with Crippen molar-refractivity contribution >= 4 is 5.69 Å². The Morgan fingerprint density at radius 3 is 2.65 bits per heavy atom. The second-order valence-electron chi connectivity index (χ2n) is 4.99. The van der Waals surface area contributed by atoms with Gasteiger partial charge in [0, 0.05) is 18.8 Å². The van der Waals surface area contributed by atoms with Crippen LogP contribution in [0.2, 0.25) is 0 Å². The van der Waals surface area contributed by atoms with Crippen LogP contribution < -0.4 is 5.32 Å². The first-order chi connectivity index (χ1) is 8.31. The smallest absolute Gasteiger partial charge is 0.0343 e. The zero-order valence-electron chi connectivity index (χ0n) is 11.1. The molecule has 0 atom stereocenters. The third-order valence-corrected chi connectivity index (χ3v) is 3.52. The van der Waals surface area contributed by atoms with Crippen LogP contribution >= 0.6 is 0 Å². The van der Waals surface area contributed by atoms with E-state index in [0.717, 1.165) is 32.1 Å². The lowest BCUT2D eigenvalue weighted by molar-refractivity contribution is 0.296. The maximum absolute atomic E-state index is 3.54. The lowest BCUT2D eigenvalue weighted by atomic mass is 10.2. The van der Waals surface area contributed by atoms with Gasteiger partial charge in [-0.05, 0) is 49.5 Å². The number of hydrogen-bond acceptors (Lipinski definition) is 2. The van der Waals surface area contributed by atoms with Crippen molar-refractivity contribution in [2.24, 2.45) is 5.92 Å². The molecule has 17 heavy (non-hydrogen) atoms. The average Bonchev–Trinajstić information content (AvgIpc) is 3.18. The molecule has 1 N–H and O–H groups in total. The van der Waals surface area contributed by atoms with Gasteiger partial charge in [-0.1, -0.05) is 26.0 Å². The molecule has 0 aliphatic heterocycles. The molecule has 0 spiro atoms. The topological polar surface area (TPSA) is 15.3 Å². The number of benzene rings is 1. The molecule has 2 heteroatoms. The summed E-state index contributed by atoms with van der Waals surface area (Å²) in [5.41, 5.74) is 2.69. The van der Waals surface area contributed by atoms with E-state index in [-0.39, 0.29) is 0 Å². The van der Waals surface area contributed by atoms with Crippen LogP contribution in [0.3, 0.4) is 0 Å². The Morgan fingerprint density at radius 2 is 2.00 bits per heavy atom. The van der Waals surface area contributed by atoms with Crippen LogP contribution in [0.5, 0.6) is 0 Å². The highest BCUT2D eigenvalue weighted by Gasteiger charge is 2.20. The van der Waals surface area contributed by atoms with Crippen molar-refractivity contribution in [2.45, 2.75) is 33.2 Å². The number of rotatable bonds is 7. The predicted octanol–water partition coefficient (Wildman–Crippen LogP) is 3.35. The summed E-state index contributed by atoms with van der Waals surface area (Å²) in [6.45, 7) is 8.89. The third-order valence-electron chi connectivity index (χ3n) is 3.52. The van der Waals surface area contributed by atoms with Crippen LogP contribution in [0.25, 0.3) is 0 Å². The summed E-state index contributed by atoms with van der Waals surface area (Å²) in [4.78, 5) is 2.44. The van der Waals surface area contributed by atoms with Crippen molar-refractivity contribution in [1.29, 1.82) is 0 Å². The summed E-state index contributed by atoms with van der Waals surface area (Å²) in [6, 6.07) is 8.85. The molecule has 0 unspecified atom stereocenters. The molecule has 0 bridgehead atoms. The van der Waals surface area contributed by atoms with E-state index < -0.39 is 0 Å². The van der Waals surface area contributed by atoms with Crippen molar-refractivity contribution in [1.82, 2.24) is 4.90 Å². The van der Waals surface area contributed by atoms with Crippen molar-refractivity contribution < 1.29 is 0 Å². The summed E-state index contributed by atoms with van der Waals surface area (Å²) < 4.78 is 0. The molecule has 1 aromatic rings. The molecular weight excluding hydrogens is 208 g/mol. The summed E-state index contributed by atoms with van der Waals surface area (Å²) >= 11 is 0. The Bertz CT molecular complexity index is 341. The van der Waals surface area contributed by atoms with Gasteiger partial charge in [0.2, 0.25) is 0 Å². The highest BCUT2D eigenvalue weighted by atomic mass is 15.1. The SMILES string of the molecule is CCN(CC)Cc1cccc(NCC2CC2)c1. The molecule has 0 saturated heterocycles. The van der Waals surface area contributed by atoms with Crippen molar-refractivity contribution in [2.75, 3.05) is 25.0 Å². The molecule has 1 aromatic carbocycles. The van der Waals surface area contributed by atoms with Crippen LogP contribution in [0, 0.1) is 5.92 Å². The Labute approximate surface area is 105 Å². The fraction of sp³-hybridized carbons (Fsp3) is 0.600. The Balaban J connectivity index is 1.89. The third kappa shape index (κ3) is 4.04. The molecular formula is C15H24N2. The van der Waals surface area contributed by atoms with Crippen LogP contribution in [-0.4, -0.2) is 24.5 Å². The fourth-order valence-electron chi connectivity index (χ4n) is 2.07. The van der Waals surface area contributed by atoms with Gasteiger partial charge in [0.15, 0.2) is 0 Å². The second kappa shape index (κ2) is 6.06. The minimum absolute atomic E-state index is 0.932. The van der Waals surface area contributed by atoms with Crippen LogP contribution in [0.1, 0.15) is 32.3 Å². The van der Waals surface area contributed by atoms with Crippen LogP contribution in [-0.2, 0) is 6.54 Å². The van der Waals surface area contributed by atoms with Crippen molar-refractivity contribution in [3.8, 4) is 0 Å². The van der Waals surface area contributed by atoms with E-state index in [4.69, 9.17) is 0 Å². The van der Waals surface area contributed by atoms with E-state index in [9.17, 15) is 0 Å². The minimum Gasteiger partial charge on any atom is -0.385 e. The zero-order valence-corrected chi connectivity index (χ0v) is 11.1. The quantitative estimate of drug-likeness (QED) is 0.775. The number of hydrogen-bond donors (Lipinski definition) is 1. The molecule has 0 amide bonds. The molecule has 1 saturated carbocycles. The first-order valence-electron chi connectivity index (χ1n) is 6.87. The maximum atomic E-state index is 3.54. The monoisotopic (exact) mass is 232 g/mol. The van der Waals surface area contributed by atoms with E-state index in [1.807, 2.05) is 0 Å². The standard InChI is InChI=1S/C15H24N2/c1-3-17(4-2)12-14-6-5-7-15(10-14)16-11-13-8-9-13/h5-7,10,13,16H,3-4,8-9,11-12H2,1-2H3. The van der Waals surface area contributed by atoms with E-state index in [1.54, 1.807) is 0 Å². The molecule has 1 fully saturated rings. The van der Waals surface area contributed by atoms with Gasteiger partial charge in [0.1, 0.15) is 0 Å². The fourth-order valence-corrected chi connectivity index (χ4v) is 2.07. The summed E-state index contributed by atoms with van der Waals surface area (Å²) in [5, 5.41) is 3.54. The van der Waals surface area contributed by atoms with Gasteiger partial charge < -0.3 is 5.32 Å². The summed E-state index contributed by atoms with van der Waals surface area (Å²) in [5.74, 6) is 0.932. The van der Waals surface area contributed by atoms with Gasteiger partial charge in [-0.15, -0.1) is 0 Å². The van der Waals surface area contributed by atoms with E-state index in [2.05, 4.69) is 48.3 Å². The summed E-state index contributed by atoms with van der Waals surface area (Å²) in [6.07, 6.45) is 2.82. The van der Waals surface area contributed by atoms with E-state index >= 15 is 0 Å². The van der Waals surface area contributed by atoms with Gasteiger partial charge in [0.05, 0.1) is 0 Å². The second-order valence-corrected chi connectivity index (χ2v) is 4.99. The minimum atomic E-state index is 0.932. The van der Waals surface area contributed by atoms with E-state index in [1.165, 1.54) is 24.1 Å². The molecule has 0 radical (unpaired) electrons. The normalized spacial score (nSPS) is 15.2. The summed E-state index contributed by atoms with van der Waals surface area (Å²) in [7, 11) is 0.